The second-order valence-corrected chi connectivity index (χ2v) is 2.92. The molecule has 0 atom stereocenters. The third-order valence-corrected chi connectivity index (χ3v) is 1.97. The third-order valence-electron chi connectivity index (χ3n) is 1.97. The Kier molecular flexibility index (Phi) is 6.32. The van der Waals surface area contributed by atoms with Crippen LogP contribution in [0.3, 0.4) is 0 Å². The van der Waals surface area contributed by atoms with E-state index in [0.29, 0.717) is 0 Å². The molecule has 0 spiro atoms. The van der Waals surface area contributed by atoms with Gasteiger partial charge in [-0.3, -0.25) is 5.10 Å². The molecule has 1 aromatic heterocycles. The lowest BCUT2D eigenvalue weighted by atomic mass is 10.1. The summed E-state index contributed by atoms with van der Waals surface area (Å²) in [4.78, 5) is 4.03. The molecule has 1 saturated heterocycles. The van der Waals surface area contributed by atoms with E-state index in [1.165, 1.54) is 24.9 Å². The molecule has 0 unspecified atom stereocenters. The molecule has 1 aliphatic heterocycles. The normalized spacial score (nSPS) is 17.9. The second kappa shape index (κ2) is 6.68. The smallest absolute Gasteiger partial charge is 0.149 e. The van der Waals surface area contributed by atoms with Crippen LogP contribution in [0.1, 0.15) is 25.1 Å². The van der Waals surface area contributed by atoms with E-state index in [-0.39, 0.29) is 24.8 Å². The number of rotatable bonds is 1. The first-order chi connectivity index (χ1) is 5.95. The highest BCUT2D eigenvalue weighted by Gasteiger charge is 2.03. The zero-order valence-corrected chi connectivity index (χ0v) is 9.33. The molecule has 0 bridgehead atoms. The van der Waals surface area contributed by atoms with Crippen molar-refractivity contribution in [1.29, 1.82) is 0 Å². The molecule has 1 aromatic rings. The van der Waals surface area contributed by atoms with Gasteiger partial charge in [0.2, 0.25) is 0 Å². The first kappa shape index (κ1) is 13.3. The fourth-order valence-corrected chi connectivity index (χ4v) is 1.35. The van der Waals surface area contributed by atoms with Gasteiger partial charge in [0.15, 0.2) is 0 Å². The van der Waals surface area contributed by atoms with Gasteiger partial charge in [-0.15, -0.1) is 24.8 Å². The lowest BCUT2D eigenvalue weighted by Gasteiger charge is -2.15. The minimum atomic E-state index is 0. The molecular weight excluding hydrogens is 223 g/mol. The SMILES string of the molecule is C(=C1CCCCN1)c1ncn[nH]1.Cl.Cl. The molecule has 0 aromatic carbocycles. The van der Waals surface area contributed by atoms with Crippen LogP contribution >= 0.6 is 24.8 Å². The quantitative estimate of drug-likeness (QED) is 0.782. The van der Waals surface area contributed by atoms with Crippen LogP contribution < -0.4 is 5.32 Å². The van der Waals surface area contributed by atoms with Crippen molar-refractivity contribution in [1.82, 2.24) is 20.5 Å². The largest absolute Gasteiger partial charge is 0.388 e. The number of halogens is 2. The maximum Gasteiger partial charge on any atom is 0.149 e. The maximum atomic E-state index is 4.03. The van der Waals surface area contributed by atoms with Crippen LogP contribution in [0.15, 0.2) is 12.0 Å². The summed E-state index contributed by atoms with van der Waals surface area (Å²) in [5.41, 5.74) is 1.26. The van der Waals surface area contributed by atoms with Crippen LogP contribution in [0, 0.1) is 0 Å². The van der Waals surface area contributed by atoms with Gasteiger partial charge in [-0.05, 0) is 19.3 Å². The fourth-order valence-electron chi connectivity index (χ4n) is 1.35. The van der Waals surface area contributed by atoms with E-state index in [1.807, 2.05) is 6.08 Å². The van der Waals surface area contributed by atoms with E-state index in [2.05, 4.69) is 20.5 Å². The number of aromatic amines is 1. The minimum absolute atomic E-state index is 0. The maximum absolute atomic E-state index is 4.03. The molecule has 0 radical (unpaired) electrons. The summed E-state index contributed by atoms with van der Waals surface area (Å²) in [5.74, 6) is 0.833. The van der Waals surface area contributed by atoms with Crippen molar-refractivity contribution in [2.75, 3.05) is 6.54 Å². The molecule has 1 fully saturated rings. The van der Waals surface area contributed by atoms with E-state index < -0.39 is 0 Å². The highest BCUT2D eigenvalue weighted by Crippen LogP contribution is 2.11. The number of hydrogen-bond donors (Lipinski definition) is 2. The van der Waals surface area contributed by atoms with Crippen LogP contribution in [-0.2, 0) is 0 Å². The van der Waals surface area contributed by atoms with E-state index in [4.69, 9.17) is 0 Å². The predicted octanol–water partition coefficient (Wildman–Crippen LogP) is 1.76. The van der Waals surface area contributed by atoms with Gasteiger partial charge in [0.1, 0.15) is 12.2 Å². The van der Waals surface area contributed by atoms with Gasteiger partial charge in [0.25, 0.3) is 0 Å². The average molecular weight is 237 g/mol. The Morgan fingerprint density at radius 2 is 2.14 bits per heavy atom. The Hall–Kier alpha value is -0.740. The van der Waals surface area contributed by atoms with Crippen LogP contribution in [0.25, 0.3) is 6.08 Å². The molecule has 2 rings (SSSR count). The number of aromatic nitrogens is 3. The lowest BCUT2D eigenvalue weighted by Crippen LogP contribution is -2.19. The predicted molar refractivity (Wildman–Crippen MR) is 60.7 cm³/mol. The number of hydrogen-bond acceptors (Lipinski definition) is 3. The number of nitrogens with one attached hydrogen (secondary N) is 2. The summed E-state index contributed by atoms with van der Waals surface area (Å²) in [7, 11) is 0. The molecule has 6 heteroatoms. The molecule has 1 aliphatic rings. The zero-order valence-electron chi connectivity index (χ0n) is 7.69. The van der Waals surface area contributed by atoms with E-state index in [0.717, 1.165) is 18.8 Å². The van der Waals surface area contributed by atoms with Crippen molar-refractivity contribution in [3.05, 3.63) is 17.8 Å². The van der Waals surface area contributed by atoms with Crippen molar-refractivity contribution in [2.24, 2.45) is 0 Å². The number of H-pyrrole nitrogens is 1. The van der Waals surface area contributed by atoms with E-state index >= 15 is 0 Å². The summed E-state index contributed by atoms with van der Waals surface area (Å²) >= 11 is 0. The molecule has 0 saturated carbocycles. The molecule has 2 heterocycles. The van der Waals surface area contributed by atoms with Gasteiger partial charge >= 0.3 is 0 Å². The van der Waals surface area contributed by atoms with Gasteiger partial charge in [-0.25, -0.2) is 4.98 Å². The standard InChI is InChI=1S/C8H12N4.2ClH/c1-2-4-9-7(3-1)5-8-10-6-11-12-8;;/h5-6,9H,1-4H2,(H,10,11,12);2*1H. The van der Waals surface area contributed by atoms with Crippen LogP contribution in [0.5, 0.6) is 0 Å². The van der Waals surface area contributed by atoms with Gasteiger partial charge in [0.05, 0.1) is 0 Å². The fraction of sp³-hybridized carbons (Fsp3) is 0.500. The first-order valence-electron chi connectivity index (χ1n) is 4.25. The van der Waals surface area contributed by atoms with Crippen molar-refractivity contribution >= 4 is 30.9 Å². The summed E-state index contributed by atoms with van der Waals surface area (Å²) in [6.07, 6.45) is 7.21. The highest BCUT2D eigenvalue weighted by molar-refractivity contribution is 5.85. The van der Waals surface area contributed by atoms with Gasteiger partial charge < -0.3 is 5.32 Å². The summed E-state index contributed by atoms with van der Waals surface area (Å²) in [6.45, 7) is 1.08. The molecule has 80 valence electrons. The minimum Gasteiger partial charge on any atom is -0.388 e. The van der Waals surface area contributed by atoms with Gasteiger partial charge in [0, 0.05) is 18.3 Å². The topological polar surface area (TPSA) is 53.6 Å². The van der Waals surface area contributed by atoms with Crippen molar-refractivity contribution in [3.63, 3.8) is 0 Å². The van der Waals surface area contributed by atoms with Crippen molar-refractivity contribution < 1.29 is 0 Å². The van der Waals surface area contributed by atoms with E-state index in [1.54, 1.807) is 0 Å². The van der Waals surface area contributed by atoms with Gasteiger partial charge in [-0.2, -0.15) is 5.10 Å². The third kappa shape index (κ3) is 3.55. The molecule has 0 aliphatic carbocycles. The number of piperidine rings is 1. The molecule has 4 nitrogen and oxygen atoms in total. The van der Waals surface area contributed by atoms with Crippen LogP contribution in [0.4, 0.5) is 0 Å². The first-order valence-corrected chi connectivity index (χ1v) is 4.25. The lowest BCUT2D eigenvalue weighted by molar-refractivity contribution is 0.592. The average Bonchev–Trinajstić information content (AvgIpc) is 2.59. The zero-order chi connectivity index (χ0) is 8.23. The van der Waals surface area contributed by atoms with Crippen molar-refractivity contribution in [2.45, 2.75) is 19.3 Å². The Bertz CT molecular complexity index is 263. The number of allylic oxidation sites excluding steroid dienone is 1. The molecule has 2 N–H and O–H groups in total. The monoisotopic (exact) mass is 236 g/mol. The highest BCUT2D eigenvalue weighted by atomic mass is 35.5. The Morgan fingerprint density at radius 3 is 2.71 bits per heavy atom. The van der Waals surface area contributed by atoms with Gasteiger partial charge in [-0.1, -0.05) is 0 Å². The second-order valence-electron chi connectivity index (χ2n) is 2.92. The van der Waals surface area contributed by atoms with Crippen molar-refractivity contribution in [3.8, 4) is 0 Å². The summed E-state index contributed by atoms with van der Waals surface area (Å²) in [6, 6.07) is 0. The Labute approximate surface area is 95.4 Å². The molecular formula is C8H14Cl2N4. The van der Waals surface area contributed by atoms with Crippen LogP contribution in [-0.4, -0.2) is 21.7 Å². The Balaban J connectivity index is 0.000000845. The summed E-state index contributed by atoms with van der Waals surface area (Å²) in [5, 5.41) is 9.92. The van der Waals surface area contributed by atoms with Crippen LogP contribution in [0.2, 0.25) is 0 Å². The molecule has 0 amide bonds. The van der Waals surface area contributed by atoms with E-state index in [9.17, 15) is 0 Å². The Morgan fingerprint density at radius 1 is 1.29 bits per heavy atom. The number of nitrogens with zero attached hydrogens (tertiary/aromatic N) is 2. The molecule has 14 heavy (non-hydrogen) atoms. The summed E-state index contributed by atoms with van der Waals surface area (Å²) < 4.78 is 0.